The molecule has 3 nitrogen and oxygen atoms in total. The van der Waals surface area contributed by atoms with Crippen LogP contribution in [0.4, 0.5) is 0 Å². The molecule has 0 spiro atoms. The van der Waals surface area contributed by atoms with Crippen molar-refractivity contribution in [2.75, 3.05) is 6.61 Å². The fourth-order valence-corrected chi connectivity index (χ4v) is 1.01. The molecule has 1 aliphatic rings. The summed E-state index contributed by atoms with van der Waals surface area (Å²) in [6.07, 6.45) is 2.00. The number of hydrogen-bond donors (Lipinski definition) is 0. The van der Waals surface area contributed by atoms with E-state index >= 15 is 0 Å². The van der Waals surface area contributed by atoms with Gasteiger partial charge >= 0.3 is 5.97 Å². The zero-order valence-electron chi connectivity index (χ0n) is 6.79. The first-order valence-corrected chi connectivity index (χ1v) is 3.75. The van der Waals surface area contributed by atoms with Crippen molar-refractivity contribution in [2.45, 2.75) is 26.6 Å². The summed E-state index contributed by atoms with van der Waals surface area (Å²) < 4.78 is 10.00. The summed E-state index contributed by atoms with van der Waals surface area (Å²) in [5, 5.41) is 0. The van der Waals surface area contributed by atoms with Crippen molar-refractivity contribution in [3.05, 3.63) is 11.6 Å². The minimum Gasteiger partial charge on any atom is -0.432 e. The number of ether oxygens (including phenoxy) is 2. The molecule has 11 heavy (non-hydrogen) atoms. The van der Waals surface area contributed by atoms with Gasteiger partial charge in [-0.05, 0) is 13.8 Å². The second kappa shape index (κ2) is 3.53. The van der Waals surface area contributed by atoms with Crippen molar-refractivity contribution < 1.29 is 14.3 Å². The maximum absolute atomic E-state index is 10.9. The number of esters is 1. The predicted octanol–water partition coefficient (Wildman–Crippen LogP) is 1.24. The molecule has 1 fully saturated rings. The highest BCUT2D eigenvalue weighted by molar-refractivity contribution is 5.90. The van der Waals surface area contributed by atoms with Crippen molar-refractivity contribution >= 4 is 5.97 Å². The number of allylic oxidation sites excluding steroid dienone is 1. The number of carbonyl (C=O) groups excluding carboxylic acids is 1. The smallest absolute Gasteiger partial charge is 0.336 e. The van der Waals surface area contributed by atoms with Gasteiger partial charge in [-0.3, -0.25) is 0 Å². The Morgan fingerprint density at radius 2 is 2.55 bits per heavy atom. The summed E-state index contributed by atoms with van der Waals surface area (Å²) in [4.78, 5) is 10.9. The lowest BCUT2D eigenvalue weighted by Gasteiger charge is -2.06. The van der Waals surface area contributed by atoms with Crippen LogP contribution in [0.3, 0.4) is 0 Å². The Kier molecular flexibility index (Phi) is 2.65. The van der Waals surface area contributed by atoms with Gasteiger partial charge in [0.1, 0.15) is 0 Å². The summed E-state index contributed by atoms with van der Waals surface area (Å²) in [6.45, 7) is 4.28. The molecule has 0 aromatic carbocycles. The first kappa shape index (κ1) is 8.27. The Bertz CT molecular complexity index is 184. The highest BCUT2D eigenvalue weighted by Gasteiger charge is 2.27. The van der Waals surface area contributed by atoms with Gasteiger partial charge in [0, 0.05) is 18.6 Å². The molecule has 0 saturated carbocycles. The molecule has 62 valence electrons. The third-order valence-electron chi connectivity index (χ3n) is 1.59. The van der Waals surface area contributed by atoms with E-state index in [2.05, 4.69) is 0 Å². The monoisotopic (exact) mass is 156 g/mol. The molecule has 1 aliphatic heterocycles. The molecule has 0 amide bonds. The molecule has 0 aromatic rings. The van der Waals surface area contributed by atoms with Crippen LogP contribution in [0.5, 0.6) is 0 Å². The molecule has 1 heterocycles. The second-order valence-corrected chi connectivity index (χ2v) is 2.31. The molecule has 0 aromatic heterocycles. The van der Waals surface area contributed by atoms with Crippen LogP contribution < -0.4 is 0 Å². The normalized spacial score (nSPS) is 27.6. The molecule has 1 unspecified atom stereocenters. The molecule has 1 rings (SSSR count). The van der Waals surface area contributed by atoms with Crippen LogP contribution in [-0.2, 0) is 14.3 Å². The number of cyclic esters (lactones) is 1. The molecule has 1 saturated heterocycles. The molecular weight excluding hydrogens is 144 g/mol. The summed E-state index contributed by atoms with van der Waals surface area (Å²) in [7, 11) is 0. The standard InChI is InChI=1S/C8H12O3/c1-3-6-5-7(10-4-2)11-8(6)9/h3,7H,4-5H2,1-2H3/b6-3+. The fourth-order valence-electron chi connectivity index (χ4n) is 1.01. The summed E-state index contributed by atoms with van der Waals surface area (Å²) >= 11 is 0. The van der Waals surface area contributed by atoms with Crippen LogP contribution in [0.15, 0.2) is 11.6 Å². The Morgan fingerprint density at radius 3 is 3.00 bits per heavy atom. The average molecular weight is 156 g/mol. The number of hydrogen-bond acceptors (Lipinski definition) is 3. The lowest BCUT2D eigenvalue weighted by Crippen LogP contribution is -2.10. The SMILES string of the molecule is C/C=C1\CC(OCC)OC1=O. The van der Waals surface area contributed by atoms with Crippen molar-refractivity contribution in [1.29, 1.82) is 0 Å². The number of carbonyl (C=O) groups is 1. The highest BCUT2D eigenvalue weighted by Crippen LogP contribution is 2.20. The molecule has 3 heteroatoms. The molecule has 0 aliphatic carbocycles. The fraction of sp³-hybridized carbons (Fsp3) is 0.625. The highest BCUT2D eigenvalue weighted by atomic mass is 16.7. The largest absolute Gasteiger partial charge is 0.432 e. The van der Waals surface area contributed by atoms with Gasteiger partial charge in [-0.15, -0.1) is 0 Å². The predicted molar refractivity (Wildman–Crippen MR) is 39.9 cm³/mol. The second-order valence-electron chi connectivity index (χ2n) is 2.31. The molecule has 0 bridgehead atoms. The third-order valence-corrected chi connectivity index (χ3v) is 1.59. The van der Waals surface area contributed by atoms with E-state index in [0.29, 0.717) is 18.6 Å². The average Bonchev–Trinajstić information content (AvgIpc) is 2.32. The van der Waals surface area contributed by atoms with Crippen LogP contribution in [0.25, 0.3) is 0 Å². The summed E-state index contributed by atoms with van der Waals surface area (Å²) in [6, 6.07) is 0. The third kappa shape index (κ3) is 1.80. The van der Waals surface area contributed by atoms with Crippen LogP contribution in [-0.4, -0.2) is 18.9 Å². The first-order chi connectivity index (χ1) is 5.27. The zero-order chi connectivity index (χ0) is 8.27. The van der Waals surface area contributed by atoms with Gasteiger partial charge in [0.2, 0.25) is 6.29 Å². The van der Waals surface area contributed by atoms with Crippen LogP contribution >= 0.6 is 0 Å². The van der Waals surface area contributed by atoms with E-state index in [1.807, 2.05) is 13.8 Å². The van der Waals surface area contributed by atoms with Gasteiger partial charge in [0.05, 0.1) is 0 Å². The van der Waals surface area contributed by atoms with E-state index in [9.17, 15) is 4.79 Å². The van der Waals surface area contributed by atoms with E-state index in [1.54, 1.807) is 6.08 Å². The zero-order valence-corrected chi connectivity index (χ0v) is 6.79. The Balaban J connectivity index is 2.50. The maximum Gasteiger partial charge on any atom is 0.336 e. The van der Waals surface area contributed by atoms with E-state index in [4.69, 9.17) is 9.47 Å². The summed E-state index contributed by atoms with van der Waals surface area (Å²) in [5.41, 5.74) is 0.712. The van der Waals surface area contributed by atoms with Crippen molar-refractivity contribution in [1.82, 2.24) is 0 Å². The van der Waals surface area contributed by atoms with Crippen molar-refractivity contribution in [3.8, 4) is 0 Å². The van der Waals surface area contributed by atoms with Gasteiger partial charge in [-0.2, -0.15) is 0 Å². The van der Waals surface area contributed by atoms with E-state index in [0.717, 1.165) is 0 Å². The molecule has 0 N–H and O–H groups in total. The Morgan fingerprint density at radius 1 is 1.82 bits per heavy atom. The lowest BCUT2D eigenvalue weighted by molar-refractivity contribution is -0.160. The quantitative estimate of drug-likeness (QED) is 0.445. The van der Waals surface area contributed by atoms with E-state index < -0.39 is 0 Å². The van der Waals surface area contributed by atoms with Gasteiger partial charge in [0.25, 0.3) is 0 Å². The van der Waals surface area contributed by atoms with Gasteiger partial charge < -0.3 is 9.47 Å². The van der Waals surface area contributed by atoms with Gasteiger partial charge in [0.15, 0.2) is 0 Å². The Hall–Kier alpha value is -0.830. The maximum atomic E-state index is 10.9. The molecule has 0 radical (unpaired) electrons. The van der Waals surface area contributed by atoms with Crippen LogP contribution in [0, 0.1) is 0 Å². The summed E-state index contributed by atoms with van der Waals surface area (Å²) in [5.74, 6) is -0.244. The minimum absolute atomic E-state index is 0.244. The molecular formula is C8H12O3. The van der Waals surface area contributed by atoms with Gasteiger partial charge in [-0.1, -0.05) is 6.08 Å². The van der Waals surface area contributed by atoms with Gasteiger partial charge in [-0.25, -0.2) is 4.79 Å². The van der Waals surface area contributed by atoms with Crippen molar-refractivity contribution in [2.24, 2.45) is 0 Å². The lowest BCUT2D eigenvalue weighted by atomic mass is 10.2. The van der Waals surface area contributed by atoms with E-state index in [-0.39, 0.29) is 12.3 Å². The first-order valence-electron chi connectivity index (χ1n) is 3.75. The topological polar surface area (TPSA) is 35.5 Å². The van der Waals surface area contributed by atoms with E-state index in [1.165, 1.54) is 0 Å². The van der Waals surface area contributed by atoms with Crippen LogP contribution in [0.1, 0.15) is 20.3 Å². The van der Waals surface area contributed by atoms with Crippen LogP contribution in [0.2, 0.25) is 0 Å². The molecule has 1 atom stereocenters. The number of rotatable bonds is 2. The van der Waals surface area contributed by atoms with Crippen molar-refractivity contribution in [3.63, 3.8) is 0 Å². The Labute approximate surface area is 66.0 Å². The minimum atomic E-state index is -0.348.